The summed E-state index contributed by atoms with van der Waals surface area (Å²) in [7, 11) is 0. The standard InChI is InChI=1S/C16H18ClNO2/c1-11(2)9-18-16(19)10-20-15-8-7-14(17)12-5-3-4-6-13(12)15/h3-8,11H,9-10H2,1-2H3,(H,18,19). The van der Waals surface area contributed by atoms with E-state index < -0.39 is 0 Å². The lowest BCUT2D eigenvalue weighted by atomic mass is 10.1. The van der Waals surface area contributed by atoms with E-state index in [1.54, 1.807) is 12.1 Å². The first-order chi connectivity index (χ1) is 9.58. The molecule has 0 radical (unpaired) electrons. The van der Waals surface area contributed by atoms with Crippen molar-refractivity contribution in [1.29, 1.82) is 0 Å². The SMILES string of the molecule is CC(C)CNC(=O)COc1ccc(Cl)c2ccccc12. The van der Waals surface area contributed by atoms with Gasteiger partial charge < -0.3 is 10.1 Å². The van der Waals surface area contributed by atoms with Gasteiger partial charge in [-0.1, -0.05) is 49.7 Å². The first kappa shape index (κ1) is 14.7. The van der Waals surface area contributed by atoms with Crippen LogP contribution < -0.4 is 10.1 Å². The first-order valence-corrected chi connectivity index (χ1v) is 7.02. The molecule has 0 bridgehead atoms. The average molecular weight is 292 g/mol. The molecule has 0 aliphatic heterocycles. The van der Waals surface area contributed by atoms with Crippen LogP contribution in [-0.4, -0.2) is 19.1 Å². The summed E-state index contributed by atoms with van der Waals surface area (Å²) in [6.07, 6.45) is 0. The normalized spacial score (nSPS) is 10.8. The second kappa shape index (κ2) is 6.62. The van der Waals surface area contributed by atoms with Crippen LogP contribution in [0.3, 0.4) is 0 Å². The van der Waals surface area contributed by atoms with E-state index in [9.17, 15) is 4.79 Å². The van der Waals surface area contributed by atoms with Crippen molar-refractivity contribution in [2.75, 3.05) is 13.2 Å². The molecule has 2 aromatic carbocycles. The number of nitrogens with one attached hydrogen (secondary N) is 1. The molecule has 1 N–H and O–H groups in total. The summed E-state index contributed by atoms with van der Waals surface area (Å²) in [4.78, 5) is 11.7. The van der Waals surface area contributed by atoms with Crippen LogP contribution in [0.15, 0.2) is 36.4 Å². The Morgan fingerprint density at radius 2 is 1.90 bits per heavy atom. The minimum atomic E-state index is -0.113. The highest BCUT2D eigenvalue weighted by Gasteiger charge is 2.08. The second-order valence-corrected chi connectivity index (χ2v) is 5.48. The van der Waals surface area contributed by atoms with E-state index in [1.165, 1.54) is 0 Å². The summed E-state index contributed by atoms with van der Waals surface area (Å²) in [6.45, 7) is 4.77. The van der Waals surface area contributed by atoms with Crippen LogP contribution in [0.5, 0.6) is 5.75 Å². The molecule has 0 saturated carbocycles. The van der Waals surface area contributed by atoms with Crippen LogP contribution in [-0.2, 0) is 4.79 Å². The zero-order valence-electron chi connectivity index (χ0n) is 11.7. The predicted molar refractivity (Wildman–Crippen MR) is 82.3 cm³/mol. The largest absolute Gasteiger partial charge is 0.483 e. The van der Waals surface area contributed by atoms with E-state index in [4.69, 9.17) is 16.3 Å². The Labute approximate surface area is 123 Å². The van der Waals surface area contributed by atoms with Gasteiger partial charge in [0.05, 0.1) is 0 Å². The Bertz CT molecular complexity index is 610. The highest BCUT2D eigenvalue weighted by Crippen LogP contribution is 2.31. The highest BCUT2D eigenvalue weighted by molar-refractivity contribution is 6.35. The zero-order valence-corrected chi connectivity index (χ0v) is 12.4. The lowest BCUT2D eigenvalue weighted by Gasteiger charge is -2.11. The van der Waals surface area contributed by atoms with E-state index in [0.29, 0.717) is 23.2 Å². The van der Waals surface area contributed by atoms with Crippen molar-refractivity contribution in [3.05, 3.63) is 41.4 Å². The number of hydrogen-bond donors (Lipinski definition) is 1. The van der Waals surface area contributed by atoms with Gasteiger partial charge in [0.2, 0.25) is 0 Å². The van der Waals surface area contributed by atoms with Crippen LogP contribution in [0.1, 0.15) is 13.8 Å². The molecule has 0 fully saturated rings. The molecule has 20 heavy (non-hydrogen) atoms. The molecule has 0 atom stereocenters. The van der Waals surface area contributed by atoms with E-state index in [2.05, 4.69) is 5.32 Å². The van der Waals surface area contributed by atoms with Gasteiger partial charge in [0.1, 0.15) is 5.75 Å². The van der Waals surface area contributed by atoms with Gasteiger partial charge in [-0.25, -0.2) is 0 Å². The first-order valence-electron chi connectivity index (χ1n) is 6.64. The Hall–Kier alpha value is -1.74. The fourth-order valence-electron chi connectivity index (χ4n) is 1.87. The number of carbonyl (C=O) groups is 1. The van der Waals surface area contributed by atoms with Gasteiger partial charge in [-0.2, -0.15) is 0 Å². The fourth-order valence-corrected chi connectivity index (χ4v) is 2.10. The monoisotopic (exact) mass is 291 g/mol. The fraction of sp³-hybridized carbons (Fsp3) is 0.312. The van der Waals surface area contributed by atoms with Crippen molar-refractivity contribution in [3.8, 4) is 5.75 Å². The van der Waals surface area contributed by atoms with Crippen LogP contribution in [0, 0.1) is 5.92 Å². The molecule has 0 unspecified atom stereocenters. The topological polar surface area (TPSA) is 38.3 Å². The lowest BCUT2D eigenvalue weighted by Crippen LogP contribution is -2.31. The highest BCUT2D eigenvalue weighted by atomic mass is 35.5. The van der Waals surface area contributed by atoms with Gasteiger partial charge in [0, 0.05) is 22.3 Å². The maximum absolute atomic E-state index is 11.7. The Morgan fingerprint density at radius 3 is 2.60 bits per heavy atom. The summed E-state index contributed by atoms with van der Waals surface area (Å²) in [5.74, 6) is 0.984. The second-order valence-electron chi connectivity index (χ2n) is 5.08. The number of hydrogen-bond acceptors (Lipinski definition) is 2. The van der Waals surface area contributed by atoms with Gasteiger partial charge in [-0.15, -0.1) is 0 Å². The van der Waals surface area contributed by atoms with Crippen molar-refractivity contribution in [2.24, 2.45) is 5.92 Å². The van der Waals surface area contributed by atoms with E-state index in [1.807, 2.05) is 38.1 Å². The molecule has 106 valence electrons. The quantitative estimate of drug-likeness (QED) is 0.913. The van der Waals surface area contributed by atoms with Crippen molar-refractivity contribution in [1.82, 2.24) is 5.32 Å². The Kier molecular flexibility index (Phi) is 4.85. The Balaban J connectivity index is 2.07. The summed E-state index contributed by atoms with van der Waals surface area (Å²) < 4.78 is 5.60. The van der Waals surface area contributed by atoms with Crippen molar-refractivity contribution >= 4 is 28.3 Å². The third kappa shape index (κ3) is 3.64. The number of carbonyl (C=O) groups excluding carboxylic acids is 1. The van der Waals surface area contributed by atoms with Gasteiger partial charge in [0.25, 0.3) is 5.91 Å². The summed E-state index contributed by atoms with van der Waals surface area (Å²) in [6, 6.07) is 11.3. The third-order valence-electron chi connectivity index (χ3n) is 2.90. The van der Waals surface area contributed by atoms with Gasteiger partial charge >= 0.3 is 0 Å². The lowest BCUT2D eigenvalue weighted by molar-refractivity contribution is -0.123. The molecule has 0 saturated heterocycles. The average Bonchev–Trinajstić information content (AvgIpc) is 2.45. The van der Waals surface area contributed by atoms with Crippen LogP contribution in [0.4, 0.5) is 0 Å². The molecule has 2 aromatic rings. The van der Waals surface area contributed by atoms with Crippen molar-refractivity contribution in [2.45, 2.75) is 13.8 Å². The summed E-state index contributed by atoms with van der Waals surface area (Å²) >= 11 is 6.14. The van der Waals surface area contributed by atoms with Crippen molar-refractivity contribution in [3.63, 3.8) is 0 Å². The molecule has 0 heterocycles. The van der Waals surface area contributed by atoms with Crippen LogP contribution in [0.25, 0.3) is 10.8 Å². The molecule has 0 aromatic heterocycles. The number of ether oxygens (including phenoxy) is 1. The van der Waals surface area contributed by atoms with E-state index in [0.717, 1.165) is 10.8 Å². The Morgan fingerprint density at radius 1 is 1.20 bits per heavy atom. The molecule has 4 heteroatoms. The zero-order chi connectivity index (χ0) is 14.5. The van der Waals surface area contributed by atoms with Crippen LogP contribution in [0.2, 0.25) is 5.02 Å². The molecule has 0 aliphatic rings. The minimum absolute atomic E-state index is 0.0122. The van der Waals surface area contributed by atoms with E-state index >= 15 is 0 Å². The number of fused-ring (bicyclic) bond motifs is 1. The smallest absolute Gasteiger partial charge is 0.257 e. The van der Waals surface area contributed by atoms with Gasteiger partial charge in [-0.3, -0.25) is 4.79 Å². The third-order valence-corrected chi connectivity index (χ3v) is 3.23. The summed E-state index contributed by atoms with van der Waals surface area (Å²) in [5, 5.41) is 5.34. The number of amides is 1. The van der Waals surface area contributed by atoms with Crippen molar-refractivity contribution < 1.29 is 9.53 Å². The van der Waals surface area contributed by atoms with Crippen LogP contribution >= 0.6 is 11.6 Å². The molecule has 0 aliphatic carbocycles. The summed E-state index contributed by atoms with van der Waals surface area (Å²) in [5.41, 5.74) is 0. The molecule has 0 spiro atoms. The van der Waals surface area contributed by atoms with Gasteiger partial charge in [-0.05, 0) is 18.1 Å². The molecular formula is C16H18ClNO2. The molecular weight excluding hydrogens is 274 g/mol. The minimum Gasteiger partial charge on any atom is -0.483 e. The number of rotatable bonds is 5. The number of benzene rings is 2. The predicted octanol–water partition coefficient (Wildman–Crippen LogP) is 3.64. The van der Waals surface area contributed by atoms with E-state index in [-0.39, 0.29) is 12.5 Å². The molecule has 2 rings (SSSR count). The molecule has 1 amide bonds. The molecule has 3 nitrogen and oxygen atoms in total. The van der Waals surface area contributed by atoms with Gasteiger partial charge in [0.15, 0.2) is 6.61 Å². The number of halogens is 1. The maximum Gasteiger partial charge on any atom is 0.257 e. The maximum atomic E-state index is 11.7.